The van der Waals surface area contributed by atoms with E-state index in [1.807, 2.05) is 12.1 Å². The molecule has 0 bridgehead atoms. The summed E-state index contributed by atoms with van der Waals surface area (Å²) in [4.78, 5) is 11.6. The molecule has 1 nitrogen and oxygen atoms in total. The SMILES string of the molecule is O=C1c2cc(Cl)ccc2CCC1Br. The molecule has 0 fully saturated rings. The lowest BCUT2D eigenvalue weighted by atomic mass is 9.91. The van der Waals surface area contributed by atoms with Crippen LogP contribution in [0, 0.1) is 0 Å². The number of hydrogen-bond acceptors (Lipinski definition) is 1. The van der Waals surface area contributed by atoms with Crippen molar-refractivity contribution in [3.63, 3.8) is 0 Å². The van der Waals surface area contributed by atoms with E-state index < -0.39 is 0 Å². The van der Waals surface area contributed by atoms with Crippen molar-refractivity contribution in [3.05, 3.63) is 34.3 Å². The molecule has 3 heteroatoms. The molecule has 0 radical (unpaired) electrons. The Hall–Kier alpha value is -0.340. The maximum Gasteiger partial charge on any atom is 0.176 e. The van der Waals surface area contributed by atoms with Gasteiger partial charge in [-0.2, -0.15) is 0 Å². The largest absolute Gasteiger partial charge is 0.293 e. The van der Waals surface area contributed by atoms with Crippen molar-refractivity contribution in [2.75, 3.05) is 0 Å². The Kier molecular flexibility index (Phi) is 2.43. The van der Waals surface area contributed by atoms with E-state index >= 15 is 0 Å². The highest BCUT2D eigenvalue weighted by Gasteiger charge is 2.24. The summed E-state index contributed by atoms with van der Waals surface area (Å²) in [6.07, 6.45) is 1.83. The van der Waals surface area contributed by atoms with Crippen LogP contribution in [0.2, 0.25) is 5.02 Å². The molecule has 13 heavy (non-hydrogen) atoms. The molecule has 1 atom stereocenters. The molecule has 1 unspecified atom stereocenters. The number of carbonyl (C=O) groups is 1. The third-order valence-electron chi connectivity index (χ3n) is 2.29. The van der Waals surface area contributed by atoms with E-state index in [4.69, 9.17) is 11.6 Å². The van der Waals surface area contributed by atoms with Gasteiger partial charge in [0.1, 0.15) is 0 Å². The van der Waals surface area contributed by atoms with Crippen LogP contribution in [0.5, 0.6) is 0 Å². The van der Waals surface area contributed by atoms with E-state index in [1.165, 1.54) is 0 Å². The zero-order valence-electron chi connectivity index (χ0n) is 6.89. The average molecular weight is 260 g/mol. The fourth-order valence-electron chi connectivity index (χ4n) is 1.58. The van der Waals surface area contributed by atoms with Crippen LogP contribution in [-0.2, 0) is 6.42 Å². The lowest BCUT2D eigenvalue weighted by Gasteiger charge is -2.18. The molecule has 1 aromatic rings. The van der Waals surface area contributed by atoms with Crippen LogP contribution in [0.3, 0.4) is 0 Å². The van der Waals surface area contributed by atoms with E-state index in [2.05, 4.69) is 15.9 Å². The van der Waals surface area contributed by atoms with Crippen LogP contribution < -0.4 is 0 Å². The summed E-state index contributed by atoms with van der Waals surface area (Å²) in [6.45, 7) is 0. The van der Waals surface area contributed by atoms with E-state index in [1.54, 1.807) is 6.07 Å². The van der Waals surface area contributed by atoms with Gasteiger partial charge in [-0.15, -0.1) is 0 Å². The molecule has 2 rings (SSSR count). The Morgan fingerprint density at radius 2 is 2.23 bits per heavy atom. The Balaban J connectivity index is 2.51. The van der Waals surface area contributed by atoms with Crippen LogP contribution in [-0.4, -0.2) is 10.6 Å². The standard InChI is InChI=1S/C10H8BrClO/c11-9-4-2-6-1-3-7(12)5-8(6)10(9)13/h1,3,5,9H,2,4H2. The number of alkyl halides is 1. The van der Waals surface area contributed by atoms with Gasteiger partial charge in [0.2, 0.25) is 0 Å². The molecule has 0 aliphatic heterocycles. The van der Waals surface area contributed by atoms with Gasteiger partial charge < -0.3 is 0 Å². The van der Waals surface area contributed by atoms with Crippen molar-refractivity contribution in [3.8, 4) is 0 Å². The Labute approximate surface area is 90.2 Å². The molecule has 0 N–H and O–H groups in total. The van der Waals surface area contributed by atoms with Crippen LogP contribution >= 0.6 is 27.5 Å². The molecule has 1 aliphatic carbocycles. The van der Waals surface area contributed by atoms with Gasteiger partial charge in [0, 0.05) is 10.6 Å². The van der Waals surface area contributed by atoms with E-state index in [0.717, 1.165) is 24.0 Å². The number of ketones is 1. The predicted octanol–water partition coefficient (Wildman–Crippen LogP) is 3.23. The minimum atomic E-state index is -0.0292. The number of aryl methyl sites for hydroxylation is 1. The Morgan fingerprint density at radius 1 is 1.46 bits per heavy atom. The third kappa shape index (κ3) is 1.65. The monoisotopic (exact) mass is 258 g/mol. The summed E-state index contributed by atoms with van der Waals surface area (Å²) in [5.74, 6) is 0.156. The number of carbonyl (C=O) groups excluding carboxylic acids is 1. The highest BCUT2D eigenvalue weighted by Crippen LogP contribution is 2.27. The summed E-state index contributed by atoms with van der Waals surface area (Å²) < 4.78 is 0. The molecular weight excluding hydrogens is 251 g/mol. The van der Waals surface area contributed by atoms with Crippen LogP contribution in [0.1, 0.15) is 22.3 Å². The maximum atomic E-state index is 11.7. The van der Waals surface area contributed by atoms with Gasteiger partial charge >= 0.3 is 0 Å². The minimum absolute atomic E-state index is 0.0292. The quantitative estimate of drug-likeness (QED) is 0.654. The second-order valence-electron chi connectivity index (χ2n) is 3.17. The summed E-state index contributed by atoms with van der Waals surface area (Å²) >= 11 is 9.18. The van der Waals surface area contributed by atoms with Gasteiger partial charge in [0.25, 0.3) is 0 Å². The normalized spacial score (nSPS) is 21.4. The molecule has 0 heterocycles. The van der Waals surface area contributed by atoms with Gasteiger partial charge in [-0.25, -0.2) is 0 Å². The number of hydrogen-bond donors (Lipinski definition) is 0. The molecule has 0 aromatic heterocycles. The zero-order chi connectivity index (χ0) is 9.42. The summed E-state index contributed by atoms with van der Waals surface area (Å²) in [7, 11) is 0. The van der Waals surface area contributed by atoms with Gasteiger partial charge in [-0.05, 0) is 30.5 Å². The molecular formula is C10H8BrClO. The molecule has 0 amide bonds. The van der Waals surface area contributed by atoms with Gasteiger partial charge in [-0.1, -0.05) is 33.6 Å². The molecule has 1 aliphatic rings. The molecule has 0 saturated heterocycles. The molecule has 0 spiro atoms. The maximum absolute atomic E-state index is 11.7. The second kappa shape index (κ2) is 3.43. The number of fused-ring (bicyclic) bond motifs is 1. The van der Waals surface area contributed by atoms with Crippen molar-refractivity contribution in [2.45, 2.75) is 17.7 Å². The van der Waals surface area contributed by atoms with Crippen molar-refractivity contribution >= 4 is 33.3 Å². The van der Waals surface area contributed by atoms with Crippen molar-refractivity contribution in [1.82, 2.24) is 0 Å². The molecule has 1 aromatic carbocycles. The summed E-state index contributed by atoms with van der Waals surface area (Å²) in [5.41, 5.74) is 1.89. The first-order chi connectivity index (χ1) is 6.18. The highest BCUT2D eigenvalue weighted by molar-refractivity contribution is 9.10. The van der Waals surface area contributed by atoms with Gasteiger partial charge in [-0.3, -0.25) is 4.79 Å². The van der Waals surface area contributed by atoms with Crippen molar-refractivity contribution < 1.29 is 4.79 Å². The van der Waals surface area contributed by atoms with E-state index in [0.29, 0.717) is 5.02 Å². The fourth-order valence-corrected chi connectivity index (χ4v) is 2.23. The number of benzene rings is 1. The average Bonchev–Trinajstić information content (AvgIpc) is 2.12. The highest BCUT2D eigenvalue weighted by atomic mass is 79.9. The van der Waals surface area contributed by atoms with Crippen LogP contribution in [0.25, 0.3) is 0 Å². The summed E-state index contributed by atoms with van der Waals surface area (Å²) in [6, 6.07) is 5.53. The van der Waals surface area contributed by atoms with E-state index in [-0.39, 0.29) is 10.6 Å². The molecule has 0 saturated carbocycles. The van der Waals surface area contributed by atoms with Crippen LogP contribution in [0.4, 0.5) is 0 Å². The second-order valence-corrected chi connectivity index (χ2v) is 4.71. The first kappa shape index (κ1) is 9.22. The predicted molar refractivity (Wildman–Crippen MR) is 56.8 cm³/mol. The fraction of sp³-hybridized carbons (Fsp3) is 0.300. The van der Waals surface area contributed by atoms with E-state index in [9.17, 15) is 4.79 Å². The Morgan fingerprint density at radius 3 is 3.00 bits per heavy atom. The van der Waals surface area contributed by atoms with Crippen LogP contribution in [0.15, 0.2) is 18.2 Å². The Bertz CT molecular complexity index is 362. The van der Waals surface area contributed by atoms with Crippen molar-refractivity contribution in [1.29, 1.82) is 0 Å². The lowest BCUT2D eigenvalue weighted by molar-refractivity contribution is 0.0981. The first-order valence-corrected chi connectivity index (χ1v) is 5.44. The van der Waals surface area contributed by atoms with Gasteiger partial charge in [0.05, 0.1) is 4.83 Å². The topological polar surface area (TPSA) is 17.1 Å². The number of Topliss-reactive ketones (excluding diaryl/α,β-unsaturated/α-hetero) is 1. The van der Waals surface area contributed by atoms with Gasteiger partial charge in [0.15, 0.2) is 5.78 Å². The number of halogens is 2. The lowest BCUT2D eigenvalue weighted by Crippen LogP contribution is -2.22. The smallest absolute Gasteiger partial charge is 0.176 e. The minimum Gasteiger partial charge on any atom is -0.293 e. The first-order valence-electron chi connectivity index (χ1n) is 4.15. The zero-order valence-corrected chi connectivity index (χ0v) is 9.23. The van der Waals surface area contributed by atoms with Crippen molar-refractivity contribution in [2.24, 2.45) is 0 Å². The number of rotatable bonds is 0. The third-order valence-corrected chi connectivity index (χ3v) is 3.40. The molecule has 68 valence electrons. The summed E-state index contributed by atoms with van der Waals surface area (Å²) in [5, 5.41) is 0.633.